The van der Waals surface area contributed by atoms with Crippen LogP contribution in [-0.2, 0) is 13.1 Å². The van der Waals surface area contributed by atoms with E-state index in [0.717, 1.165) is 49.2 Å². The third-order valence-electron chi connectivity index (χ3n) is 4.90. The van der Waals surface area contributed by atoms with Crippen LogP contribution in [0.4, 0.5) is 25.0 Å². The number of hydrogen-bond acceptors (Lipinski definition) is 3. The molecule has 2 aromatic carbocycles. The van der Waals surface area contributed by atoms with Crippen LogP contribution in [0.15, 0.2) is 36.4 Å². The summed E-state index contributed by atoms with van der Waals surface area (Å²) in [6, 6.07) is 9.53. The van der Waals surface area contributed by atoms with Gasteiger partial charge in [-0.3, -0.25) is 4.90 Å². The van der Waals surface area contributed by atoms with Gasteiger partial charge in [-0.2, -0.15) is 0 Å². The number of anilines is 2. The van der Waals surface area contributed by atoms with Crippen LogP contribution < -0.4 is 20.4 Å². The van der Waals surface area contributed by atoms with Gasteiger partial charge in [0.05, 0.1) is 12.2 Å². The molecule has 1 fully saturated rings. The van der Waals surface area contributed by atoms with E-state index < -0.39 is 11.6 Å². The summed E-state index contributed by atoms with van der Waals surface area (Å²) in [6.45, 7) is 4.01. The molecule has 4 rings (SSSR count). The van der Waals surface area contributed by atoms with Crippen LogP contribution in [0.1, 0.15) is 11.1 Å². The molecule has 2 aliphatic rings. The zero-order chi connectivity index (χ0) is 18.1. The number of fused-ring (bicyclic) bond motifs is 1. The molecule has 1 saturated heterocycles. The van der Waals surface area contributed by atoms with Gasteiger partial charge in [0.2, 0.25) is 0 Å². The lowest BCUT2D eigenvalue weighted by molar-refractivity contribution is 0.244. The summed E-state index contributed by atoms with van der Waals surface area (Å²) in [5.41, 5.74) is 2.98. The quantitative estimate of drug-likeness (QED) is 0.841. The number of carbonyl (C=O) groups excluding carboxylic acids is 1. The topological polar surface area (TPSA) is 47.6 Å². The number of urea groups is 1. The molecule has 27 heavy (non-hydrogen) atoms. The summed E-state index contributed by atoms with van der Waals surface area (Å²) >= 11 is 0. The molecule has 2 aliphatic heterocycles. The molecule has 5 nitrogen and oxygen atoms in total. The van der Waals surface area contributed by atoms with Crippen molar-refractivity contribution in [2.45, 2.75) is 13.1 Å². The van der Waals surface area contributed by atoms with Crippen LogP contribution in [0.5, 0.6) is 0 Å². The molecule has 2 heterocycles. The minimum absolute atomic E-state index is 0. The van der Waals surface area contributed by atoms with Crippen LogP contribution in [0.3, 0.4) is 0 Å². The van der Waals surface area contributed by atoms with Crippen LogP contribution in [-0.4, -0.2) is 32.2 Å². The fourth-order valence-electron chi connectivity index (χ4n) is 3.57. The van der Waals surface area contributed by atoms with Gasteiger partial charge in [0, 0.05) is 49.5 Å². The maximum atomic E-state index is 14.1. The maximum absolute atomic E-state index is 14.1. The molecule has 0 bridgehead atoms. The van der Waals surface area contributed by atoms with E-state index in [0.29, 0.717) is 6.54 Å². The first-order valence-corrected chi connectivity index (χ1v) is 8.71. The summed E-state index contributed by atoms with van der Waals surface area (Å²) in [4.78, 5) is 16.2. The van der Waals surface area contributed by atoms with Gasteiger partial charge >= 0.3 is 6.03 Å². The molecule has 0 unspecified atom stereocenters. The second kappa shape index (κ2) is 8.10. The van der Waals surface area contributed by atoms with Gasteiger partial charge in [-0.15, -0.1) is 12.4 Å². The largest absolute Gasteiger partial charge is 0.369 e. The lowest BCUT2D eigenvalue weighted by Crippen LogP contribution is -2.47. The molecule has 0 atom stereocenters. The highest BCUT2D eigenvalue weighted by Crippen LogP contribution is 2.34. The summed E-state index contributed by atoms with van der Waals surface area (Å²) in [5.74, 6) is -1.82. The predicted octanol–water partition coefficient (Wildman–Crippen LogP) is 3.03. The van der Waals surface area contributed by atoms with Crippen LogP contribution in [0.25, 0.3) is 0 Å². The number of nitrogens with zero attached hydrogens (tertiary/aromatic N) is 2. The highest BCUT2D eigenvalue weighted by Gasteiger charge is 2.28. The Kier molecular flexibility index (Phi) is 5.82. The van der Waals surface area contributed by atoms with Crippen LogP contribution >= 0.6 is 12.4 Å². The van der Waals surface area contributed by atoms with E-state index in [1.807, 2.05) is 18.2 Å². The Balaban J connectivity index is 0.00000210. The zero-order valence-electron chi connectivity index (χ0n) is 14.7. The molecule has 2 amide bonds. The first-order valence-electron chi connectivity index (χ1n) is 8.71. The summed E-state index contributed by atoms with van der Waals surface area (Å²) in [5, 5.41) is 6.18. The monoisotopic (exact) mass is 394 g/mol. The molecule has 0 aliphatic carbocycles. The number of hydrogen-bond donors (Lipinski definition) is 2. The normalized spacial score (nSPS) is 16.4. The van der Waals surface area contributed by atoms with Crippen molar-refractivity contribution in [3.63, 3.8) is 0 Å². The van der Waals surface area contributed by atoms with Gasteiger partial charge in [-0.1, -0.05) is 18.2 Å². The number of carbonyl (C=O) groups is 1. The molecular formula is C19H21ClF2N4O. The Morgan fingerprint density at radius 2 is 1.70 bits per heavy atom. The number of nitrogens with one attached hydrogen (secondary N) is 2. The fraction of sp³-hybridized carbons (Fsp3) is 0.316. The Morgan fingerprint density at radius 1 is 1.00 bits per heavy atom. The number of rotatable bonds is 3. The molecule has 2 N–H and O–H groups in total. The van der Waals surface area contributed by atoms with Crippen molar-refractivity contribution >= 4 is 29.8 Å². The van der Waals surface area contributed by atoms with Gasteiger partial charge in [0.15, 0.2) is 11.6 Å². The van der Waals surface area contributed by atoms with Gasteiger partial charge in [0.25, 0.3) is 0 Å². The van der Waals surface area contributed by atoms with E-state index in [1.165, 1.54) is 17.0 Å². The summed E-state index contributed by atoms with van der Waals surface area (Å²) < 4.78 is 27.6. The smallest absolute Gasteiger partial charge is 0.322 e. The van der Waals surface area contributed by atoms with Gasteiger partial charge in [0.1, 0.15) is 0 Å². The van der Waals surface area contributed by atoms with Crippen LogP contribution in [0.2, 0.25) is 0 Å². The first kappa shape index (κ1) is 19.4. The van der Waals surface area contributed by atoms with E-state index in [-0.39, 0.29) is 30.5 Å². The standard InChI is InChI=1S/C19H20F2N4O.ClH/c20-15-4-1-3-13(18(15)21)12-25-17-6-2-5-16(14(17)11-23-19(25)26)24-9-7-22-8-10-24;/h1-6,22H,7-12H2,(H,23,26);1H. The van der Waals surface area contributed by atoms with Crippen molar-refractivity contribution in [3.05, 3.63) is 59.2 Å². The average Bonchev–Trinajstić information content (AvgIpc) is 2.67. The Labute approximate surface area is 162 Å². The van der Waals surface area contributed by atoms with Crippen molar-refractivity contribution in [2.75, 3.05) is 36.0 Å². The second-order valence-corrected chi connectivity index (χ2v) is 6.47. The highest BCUT2D eigenvalue weighted by molar-refractivity contribution is 5.96. The summed E-state index contributed by atoms with van der Waals surface area (Å²) in [6.07, 6.45) is 0. The molecule has 2 aromatic rings. The number of piperazine rings is 1. The predicted molar refractivity (Wildman–Crippen MR) is 104 cm³/mol. The third-order valence-corrected chi connectivity index (χ3v) is 4.90. The summed E-state index contributed by atoms with van der Waals surface area (Å²) in [7, 11) is 0. The number of benzene rings is 2. The van der Waals surface area contributed by atoms with Crippen molar-refractivity contribution in [3.8, 4) is 0 Å². The molecule has 0 aromatic heterocycles. The second-order valence-electron chi connectivity index (χ2n) is 6.47. The molecular weight excluding hydrogens is 374 g/mol. The number of halogens is 3. The van der Waals surface area contributed by atoms with Gasteiger partial charge in [-0.05, 0) is 18.2 Å². The van der Waals surface area contributed by atoms with Crippen molar-refractivity contribution in [1.29, 1.82) is 0 Å². The Morgan fingerprint density at radius 3 is 2.48 bits per heavy atom. The molecule has 0 radical (unpaired) electrons. The van der Waals surface area contributed by atoms with Gasteiger partial charge in [-0.25, -0.2) is 13.6 Å². The highest BCUT2D eigenvalue weighted by atomic mass is 35.5. The SMILES string of the molecule is Cl.O=C1NCc2c(N3CCNCC3)cccc2N1Cc1cccc(F)c1F. The molecule has 0 saturated carbocycles. The zero-order valence-corrected chi connectivity index (χ0v) is 15.5. The van der Waals surface area contributed by atoms with Crippen LogP contribution in [0, 0.1) is 11.6 Å². The third kappa shape index (κ3) is 3.70. The van der Waals surface area contributed by atoms with Gasteiger partial charge < -0.3 is 15.5 Å². The Bertz CT molecular complexity index is 842. The Hall–Kier alpha value is -2.38. The van der Waals surface area contributed by atoms with E-state index in [4.69, 9.17) is 0 Å². The van der Waals surface area contributed by atoms with Crippen molar-refractivity contribution in [1.82, 2.24) is 10.6 Å². The first-order chi connectivity index (χ1) is 12.6. The molecule has 144 valence electrons. The minimum Gasteiger partial charge on any atom is -0.369 e. The van der Waals surface area contributed by atoms with E-state index in [2.05, 4.69) is 15.5 Å². The van der Waals surface area contributed by atoms with E-state index in [1.54, 1.807) is 0 Å². The number of amides is 2. The van der Waals surface area contributed by atoms with Crippen molar-refractivity contribution < 1.29 is 13.6 Å². The van der Waals surface area contributed by atoms with Crippen molar-refractivity contribution in [2.24, 2.45) is 0 Å². The molecule has 0 spiro atoms. The van der Waals surface area contributed by atoms with E-state index >= 15 is 0 Å². The van der Waals surface area contributed by atoms with E-state index in [9.17, 15) is 13.6 Å². The lowest BCUT2D eigenvalue weighted by Gasteiger charge is -2.36. The lowest BCUT2D eigenvalue weighted by atomic mass is 10.0. The molecule has 8 heteroatoms. The maximum Gasteiger partial charge on any atom is 0.322 e. The average molecular weight is 395 g/mol. The fourth-order valence-corrected chi connectivity index (χ4v) is 3.57. The minimum atomic E-state index is -0.911.